The molecule has 10 nitrogen and oxygen atoms in total. The third-order valence-electron chi connectivity index (χ3n) is 6.69. The molecule has 37 heavy (non-hydrogen) atoms. The number of hydrogen-bond acceptors (Lipinski definition) is 9. The van der Waals surface area contributed by atoms with Gasteiger partial charge in [-0.05, 0) is 41.6 Å². The number of piperazine rings is 1. The van der Waals surface area contributed by atoms with E-state index in [-0.39, 0.29) is 18.4 Å². The van der Waals surface area contributed by atoms with Crippen LogP contribution >= 0.6 is 11.3 Å². The molecule has 0 saturated carbocycles. The third kappa shape index (κ3) is 6.00. The quantitative estimate of drug-likeness (QED) is 0.489. The average Bonchev–Trinajstić information content (AvgIpc) is 3.38. The van der Waals surface area contributed by atoms with E-state index in [0.29, 0.717) is 49.3 Å². The van der Waals surface area contributed by atoms with Gasteiger partial charge < -0.3 is 25.2 Å². The second-order valence-corrected chi connectivity index (χ2v) is 10.2. The molecular formula is C26H31N7O3S. The van der Waals surface area contributed by atoms with E-state index in [0.717, 1.165) is 25.3 Å². The van der Waals surface area contributed by atoms with Crippen LogP contribution in [0.1, 0.15) is 17.4 Å². The van der Waals surface area contributed by atoms with Crippen molar-refractivity contribution in [1.29, 1.82) is 0 Å². The molecule has 2 amide bonds. The van der Waals surface area contributed by atoms with Gasteiger partial charge in [0.05, 0.1) is 19.3 Å². The van der Waals surface area contributed by atoms with Gasteiger partial charge in [0, 0.05) is 69.0 Å². The number of carbonyl (C=O) groups is 2. The number of fused-ring (bicyclic) bond motifs is 1. The Hall–Kier alpha value is -3.70. The molecule has 2 aliphatic rings. The van der Waals surface area contributed by atoms with Crippen molar-refractivity contribution in [3.05, 3.63) is 52.3 Å². The van der Waals surface area contributed by atoms with Gasteiger partial charge in [0.2, 0.25) is 17.8 Å². The van der Waals surface area contributed by atoms with E-state index in [1.807, 2.05) is 34.4 Å². The minimum atomic E-state index is -0.106. The molecule has 1 saturated heterocycles. The molecule has 194 valence electrons. The summed E-state index contributed by atoms with van der Waals surface area (Å²) in [7, 11) is 1.59. The number of aromatic nitrogens is 2. The summed E-state index contributed by atoms with van der Waals surface area (Å²) in [6, 6.07) is 9.56. The average molecular weight is 522 g/mol. The molecule has 0 bridgehead atoms. The number of anilines is 4. The first-order valence-corrected chi connectivity index (χ1v) is 13.2. The van der Waals surface area contributed by atoms with Gasteiger partial charge in [0.1, 0.15) is 11.6 Å². The van der Waals surface area contributed by atoms with E-state index >= 15 is 0 Å². The Bertz CT molecular complexity index is 1270. The fourth-order valence-electron chi connectivity index (χ4n) is 4.65. The SMILES string of the molecule is COc1cc(NC(=O)CN2CCN(C(C)=O)CC2)ccc1Nc1nccc(N2CCc3sccc3C2)n1. The van der Waals surface area contributed by atoms with Crippen LogP contribution in [0.3, 0.4) is 0 Å². The standard InChI is InChI=1S/C26H31N7O3S/c1-18(34)32-12-10-31(11-13-32)17-25(35)28-20-3-4-21(22(15-20)36-2)29-26-27-8-5-24(30-26)33-9-6-23-19(16-33)7-14-37-23/h3-5,7-8,14-15H,6,9-13,16-17H2,1-2H3,(H,28,35)(H,27,29,30). The van der Waals surface area contributed by atoms with Crippen molar-refractivity contribution in [2.45, 2.75) is 19.9 Å². The zero-order chi connectivity index (χ0) is 25.8. The lowest BCUT2D eigenvalue weighted by Crippen LogP contribution is -2.49. The molecule has 4 heterocycles. The van der Waals surface area contributed by atoms with E-state index in [1.54, 1.807) is 31.2 Å². The highest BCUT2D eigenvalue weighted by atomic mass is 32.1. The monoisotopic (exact) mass is 521 g/mol. The van der Waals surface area contributed by atoms with Crippen LogP contribution in [0.5, 0.6) is 5.75 Å². The highest BCUT2D eigenvalue weighted by Gasteiger charge is 2.21. The lowest BCUT2D eigenvalue weighted by atomic mass is 10.1. The molecule has 2 aromatic heterocycles. The summed E-state index contributed by atoms with van der Waals surface area (Å²) in [6.45, 7) is 6.28. The first-order valence-electron chi connectivity index (χ1n) is 12.3. The van der Waals surface area contributed by atoms with Gasteiger partial charge in [-0.1, -0.05) is 0 Å². The zero-order valence-corrected chi connectivity index (χ0v) is 21.9. The van der Waals surface area contributed by atoms with Crippen LogP contribution in [-0.2, 0) is 22.6 Å². The number of hydrogen-bond donors (Lipinski definition) is 2. The Kier molecular flexibility index (Phi) is 7.52. The van der Waals surface area contributed by atoms with Crippen LogP contribution < -0.4 is 20.3 Å². The number of carbonyl (C=O) groups excluding carboxylic acids is 2. The Morgan fingerprint density at radius 3 is 2.73 bits per heavy atom. The number of methoxy groups -OCH3 is 1. The van der Waals surface area contributed by atoms with Crippen LogP contribution in [0.25, 0.3) is 0 Å². The Morgan fingerprint density at radius 2 is 1.95 bits per heavy atom. The maximum absolute atomic E-state index is 12.6. The minimum absolute atomic E-state index is 0.0745. The predicted molar refractivity (Wildman–Crippen MR) is 145 cm³/mol. The van der Waals surface area contributed by atoms with E-state index in [1.165, 1.54) is 10.4 Å². The summed E-state index contributed by atoms with van der Waals surface area (Å²) in [5.74, 6) is 1.90. The van der Waals surface area contributed by atoms with Crippen molar-refractivity contribution < 1.29 is 14.3 Å². The van der Waals surface area contributed by atoms with Crippen LogP contribution in [0.15, 0.2) is 41.9 Å². The fraction of sp³-hybridized carbons (Fsp3) is 0.385. The minimum Gasteiger partial charge on any atom is -0.494 e. The number of thiophene rings is 1. The molecule has 0 radical (unpaired) electrons. The summed E-state index contributed by atoms with van der Waals surface area (Å²) in [6.07, 6.45) is 2.78. The van der Waals surface area contributed by atoms with Crippen LogP contribution in [0.2, 0.25) is 0 Å². The zero-order valence-electron chi connectivity index (χ0n) is 21.1. The van der Waals surface area contributed by atoms with Crippen LogP contribution in [0, 0.1) is 0 Å². The second-order valence-electron chi connectivity index (χ2n) is 9.15. The van der Waals surface area contributed by atoms with Crippen LogP contribution in [-0.4, -0.2) is 78.0 Å². The van der Waals surface area contributed by atoms with Crippen molar-refractivity contribution in [2.24, 2.45) is 0 Å². The molecule has 1 aromatic carbocycles. The lowest BCUT2D eigenvalue weighted by Gasteiger charge is -2.33. The summed E-state index contributed by atoms with van der Waals surface area (Å²) < 4.78 is 5.57. The summed E-state index contributed by atoms with van der Waals surface area (Å²) >= 11 is 1.82. The Labute approximate surface area is 220 Å². The predicted octanol–water partition coefficient (Wildman–Crippen LogP) is 2.96. The van der Waals surface area contributed by atoms with Gasteiger partial charge in [-0.15, -0.1) is 11.3 Å². The molecular weight excluding hydrogens is 490 g/mol. The fourth-order valence-corrected chi connectivity index (χ4v) is 5.54. The number of rotatable bonds is 7. The second kappa shape index (κ2) is 11.1. The highest BCUT2D eigenvalue weighted by Crippen LogP contribution is 2.31. The van der Waals surface area contributed by atoms with Gasteiger partial charge in [0.25, 0.3) is 0 Å². The van der Waals surface area contributed by atoms with Gasteiger partial charge in [0.15, 0.2) is 0 Å². The highest BCUT2D eigenvalue weighted by molar-refractivity contribution is 7.10. The van der Waals surface area contributed by atoms with Crippen molar-refractivity contribution in [3.63, 3.8) is 0 Å². The van der Waals surface area contributed by atoms with Crippen molar-refractivity contribution >= 4 is 46.3 Å². The van der Waals surface area contributed by atoms with Gasteiger partial charge in [-0.2, -0.15) is 4.98 Å². The first kappa shape index (κ1) is 25.0. The number of benzene rings is 1. The van der Waals surface area contributed by atoms with Crippen molar-refractivity contribution in [1.82, 2.24) is 19.8 Å². The number of ether oxygens (including phenoxy) is 1. The molecule has 1 fully saturated rings. The van der Waals surface area contributed by atoms with E-state index in [9.17, 15) is 9.59 Å². The first-order chi connectivity index (χ1) is 18.0. The molecule has 11 heteroatoms. The maximum atomic E-state index is 12.6. The maximum Gasteiger partial charge on any atom is 0.238 e. The van der Waals surface area contributed by atoms with Crippen LogP contribution in [0.4, 0.5) is 23.1 Å². The molecule has 3 aromatic rings. The third-order valence-corrected chi connectivity index (χ3v) is 7.71. The van der Waals surface area contributed by atoms with E-state index < -0.39 is 0 Å². The molecule has 0 unspecified atom stereocenters. The van der Waals surface area contributed by atoms with Gasteiger partial charge in [-0.3, -0.25) is 14.5 Å². The van der Waals surface area contributed by atoms with E-state index in [2.05, 4.69) is 32.0 Å². The number of nitrogens with zero attached hydrogens (tertiary/aromatic N) is 5. The Morgan fingerprint density at radius 1 is 1.11 bits per heavy atom. The normalized spacial score (nSPS) is 15.7. The van der Waals surface area contributed by atoms with Gasteiger partial charge >= 0.3 is 0 Å². The number of amides is 2. The van der Waals surface area contributed by atoms with Crippen molar-refractivity contribution in [3.8, 4) is 5.75 Å². The van der Waals surface area contributed by atoms with Crippen molar-refractivity contribution in [2.75, 3.05) is 61.9 Å². The summed E-state index contributed by atoms with van der Waals surface area (Å²) in [5.41, 5.74) is 2.71. The van der Waals surface area contributed by atoms with Gasteiger partial charge in [-0.25, -0.2) is 4.98 Å². The molecule has 5 rings (SSSR count). The molecule has 2 aliphatic heterocycles. The molecule has 0 spiro atoms. The molecule has 0 aliphatic carbocycles. The topological polar surface area (TPSA) is 103 Å². The summed E-state index contributed by atoms with van der Waals surface area (Å²) in [5, 5.41) is 8.34. The molecule has 2 N–H and O–H groups in total. The summed E-state index contributed by atoms with van der Waals surface area (Å²) in [4.78, 5) is 40.8. The Balaban J connectivity index is 1.20. The lowest BCUT2D eigenvalue weighted by molar-refractivity contribution is -0.130. The molecule has 0 atom stereocenters. The number of nitrogens with one attached hydrogen (secondary N) is 2. The smallest absolute Gasteiger partial charge is 0.238 e. The van der Waals surface area contributed by atoms with E-state index in [4.69, 9.17) is 9.72 Å². The largest absolute Gasteiger partial charge is 0.494 e.